The van der Waals surface area contributed by atoms with Crippen molar-refractivity contribution in [1.29, 1.82) is 10.5 Å². The van der Waals surface area contributed by atoms with Gasteiger partial charge in [-0.2, -0.15) is 33.8 Å². The number of benzene rings is 2. The monoisotopic (exact) mass is 449 g/mol. The van der Waals surface area contributed by atoms with Crippen molar-refractivity contribution < 1.29 is 17.9 Å². The number of nitriles is 2. The van der Waals surface area contributed by atoms with Gasteiger partial charge >= 0.3 is 6.18 Å². The van der Waals surface area contributed by atoms with Crippen LogP contribution in [0.2, 0.25) is 0 Å². The van der Waals surface area contributed by atoms with E-state index < -0.39 is 11.7 Å². The van der Waals surface area contributed by atoms with Gasteiger partial charge in [-0.25, -0.2) is 9.67 Å². The van der Waals surface area contributed by atoms with Crippen molar-refractivity contribution in [2.24, 2.45) is 0 Å². The summed E-state index contributed by atoms with van der Waals surface area (Å²) in [6, 6.07) is 11.7. The maximum Gasteiger partial charge on any atom is 0.416 e. The minimum Gasteiger partial charge on any atom is -0.496 e. The highest BCUT2D eigenvalue weighted by Crippen LogP contribution is 2.34. The van der Waals surface area contributed by atoms with E-state index in [1.54, 1.807) is 12.1 Å². The Balaban J connectivity index is 1.85. The molecule has 0 aliphatic rings. The second-order valence-electron chi connectivity index (χ2n) is 7.02. The molecule has 11 heteroatoms. The highest BCUT2D eigenvalue weighted by molar-refractivity contribution is 5.91. The first-order valence-corrected chi connectivity index (χ1v) is 9.42. The molecule has 4 aromatic rings. The third-order valence-electron chi connectivity index (χ3n) is 4.91. The molecule has 164 valence electrons. The summed E-state index contributed by atoms with van der Waals surface area (Å²) >= 11 is 0. The molecule has 0 radical (unpaired) electrons. The predicted molar refractivity (Wildman–Crippen MR) is 112 cm³/mol. The van der Waals surface area contributed by atoms with Gasteiger partial charge in [0.2, 0.25) is 5.95 Å². The zero-order chi connectivity index (χ0) is 23.8. The Kier molecular flexibility index (Phi) is 5.32. The van der Waals surface area contributed by atoms with Gasteiger partial charge < -0.3 is 10.5 Å². The van der Waals surface area contributed by atoms with Crippen LogP contribution in [0.3, 0.4) is 0 Å². The number of anilines is 1. The zero-order valence-electron chi connectivity index (χ0n) is 17.1. The predicted octanol–water partition coefficient (Wildman–Crippen LogP) is 3.89. The summed E-state index contributed by atoms with van der Waals surface area (Å²) in [4.78, 5) is 8.45. The molecule has 0 aliphatic carbocycles. The number of alkyl halides is 3. The van der Waals surface area contributed by atoms with Crippen LogP contribution in [0, 0.1) is 22.7 Å². The van der Waals surface area contributed by atoms with Gasteiger partial charge in [-0.1, -0.05) is 0 Å². The number of hydrogen-bond acceptors (Lipinski definition) is 7. The van der Waals surface area contributed by atoms with Crippen LogP contribution in [-0.2, 0) is 12.7 Å². The van der Waals surface area contributed by atoms with Crippen LogP contribution >= 0.6 is 0 Å². The number of ether oxygens (including phenoxy) is 1. The maximum atomic E-state index is 13.2. The van der Waals surface area contributed by atoms with Gasteiger partial charge in [-0.05, 0) is 36.4 Å². The fourth-order valence-corrected chi connectivity index (χ4v) is 3.44. The van der Waals surface area contributed by atoms with Gasteiger partial charge in [0.05, 0.1) is 59.8 Å². The Labute approximate surface area is 185 Å². The SMILES string of the molecule is COc1ccc(C(F)(F)F)cc1Cn1ncc2c(-c3cc(C#N)cc(C#N)c3)nc(N)nc21. The number of aromatic nitrogens is 4. The van der Waals surface area contributed by atoms with Crippen LogP contribution in [-0.4, -0.2) is 26.9 Å². The van der Waals surface area contributed by atoms with Crippen molar-refractivity contribution in [3.8, 4) is 29.1 Å². The molecule has 0 atom stereocenters. The van der Waals surface area contributed by atoms with Gasteiger partial charge in [0, 0.05) is 11.1 Å². The maximum absolute atomic E-state index is 13.2. The van der Waals surface area contributed by atoms with E-state index >= 15 is 0 Å². The Morgan fingerprint density at radius 3 is 2.36 bits per heavy atom. The molecule has 0 unspecified atom stereocenters. The molecule has 2 heterocycles. The van der Waals surface area contributed by atoms with Gasteiger partial charge in [-0.15, -0.1) is 0 Å². The number of fused-ring (bicyclic) bond motifs is 1. The molecule has 0 saturated heterocycles. The van der Waals surface area contributed by atoms with Crippen LogP contribution < -0.4 is 10.5 Å². The molecule has 0 bridgehead atoms. The van der Waals surface area contributed by atoms with Crippen LogP contribution in [0.1, 0.15) is 22.3 Å². The molecule has 0 spiro atoms. The second kappa shape index (κ2) is 8.13. The molecule has 0 saturated carbocycles. The topological polar surface area (TPSA) is 126 Å². The molecule has 2 aromatic heterocycles. The van der Waals surface area contributed by atoms with E-state index in [-0.39, 0.29) is 40.6 Å². The lowest BCUT2D eigenvalue weighted by Gasteiger charge is -2.13. The van der Waals surface area contributed by atoms with Crippen molar-refractivity contribution in [3.63, 3.8) is 0 Å². The second-order valence-corrected chi connectivity index (χ2v) is 7.02. The van der Waals surface area contributed by atoms with E-state index in [9.17, 15) is 23.7 Å². The van der Waals surface area contributed by atoms with Crippen LogP contribution in [0.25, 0.3) is 22.3 Å². The van der Waals surface area contributed by atoms with E-state index in [0.717, 1.165) is 12.1 Å². The number of nitrogens with zero attached hydrogens (tertiary/aromatic N) is 6. The number of nitrogen functional groups attached to an aromatic ring is 1. The van der Waals surface area contributed by atoms with E-state index in [1.807, 2.05) is 12.1 Å². The molecular formula is C22H14F3N7O. The average molecular weight is 449 g/mol. The standard InChI is InChI=1S/C22H14F3N7O/c1-33-18-3-2-16(22(23,24)25)7-15(18)11-32-20-17(10-29-32)19(30-21(28)31-20)14-5-12(8-26)4-13(6-14)9-27/h2-7,10H,11H2,1H3,(H2,28,30,31). The molecule has 0 aliphatic heterocycles. The van der Waals surface area contributed by atoms with Crippen molar-refractivity contribution in [1.82, 2.24) is 19.7 Å². The largest absolute Gasteiger partial charge is 0.496 e. The Bertz CT molecular complexity index is 1430. The van der Waals surface area contributed by atoms with Crippen molar-refractivity contribution >= 4 is 17.0 Å². The van der Waals surface area contributed by atoms with Crippen molar-refractivity contribution in [2.45, 2.75) is 12.7 Å². The number of hydrogen-bond donors (Lipinski definition) is 1. The van der Waals surface area contributed by atoms with Gasteiger partial charge in [0.1, 0.15) is 5.75 Å². The first kappa shape index (κ1) is 21.6. The number of halogens is 3. The molecule has 4 rings (SSSR count). The minimum atomic E-state index is -4.52. The fourth-order valence-electron chi connectivity index (χ4n) is 3.44. The summed E-state index contributed by atoms with van der Waals surface area (Å²) < 4.78 is 46.2. The molecule has 33 heavy (non-hydrogen) atoms. The molecular weight excluding hydrogens is 435 g/mol. The first-order chi connectivity index (χ1) is 15.7. The molecule has 0 amide bonds. The molecule has 8 nitrogen and oxygen atoms in total. The first-order valence-electron chi connectivity index (χ1n) is 9.42. The number of nitrogens with two attached hydrogens (primary N) is 1. The fraction of sp³-hybridized carbons (Fsp3) is 0.136. The lowest BCUT2D eigenvalue weighted by molar-refractivity contribution is -0.137. The molecule has 2 N–H and O–H groups in total. The number of methoxy groups -OCH3 is 1. The average Bonchev–Trinajstić information content (AvgIpc) is 3.19. The Morgan fingerprint density at radius 2 is 1.76 bits per heavy atom. The van der Waals surface area contributed by atoms with Gasteiger partial charge in [-0.3, -0.25) is 0 Å². The lowest BCUT2D eigenvalue weighted by atomic mass is 10.0. The Morgan fingerprint density at radius 1 is 1.06 bits per heavy atom. The van der Waals surface area contributed by atoms with E-state index in [0.29, 0.717) is 16.6 Å². The van der Waals surface area contributed by atoms with Crippen LogP contribution in [0.15, 0.2) is 42.6 Å². The van der Waals surface area contributed by atoms with E-state index in [2.05, 4.69) is 15.1 Å². The minimum absolute atomic E-state index is 0.0752. The third-order valence-corrected chi connectivity index (χ3v) is 4.91. The zero-order valence-corrected chi connectivity index (χ0v) is 17.1. The molecule has 2 aromatic carbocycles. The van der Waals surface area contributed by atoms with Gasteiger partial charge in [0.25, 0.3) is 0 Å². The van der Waals surface area contributed by atoms with E-state index in [1.165, 1.54) is 30.1 Å². The smallest absolute Gasteiger partial charge is 0.416 e. The Hall–Kier alpha value is -4.64. The van der Waals surface area contributed by atoms with Crippen molar-refractivity contribution in [2.75, 3.05) is 12.8 Å². The summed E-state index contributed by atoms with van der Waals surface area (Å²) in [5.74, 6) is 0.158. The van der Waals surface area contributed by atoms with Gasteiger partial charge in [0.15, 0.2) is 5.65 Å². The normalized spacial score (nSPS) is 11.2. The number of rotatable bonds is 4. The van der Waals surface area contributed by atoms with Crippen molar-refractivity contribution in [3.05, 3.63) is 64.8 Å². The summed E-state index contributed by atoms with van der Waals surface area (Å²) in [7, 11) is 1.36. The quantitative estimate of drug-likeness (QED) is 0.501. The summed E-state index contributed by atoms with van der Waals surface area (Å²) in [5.41, 5.74) is 6.92. The third kappa shape index (κ3) is 4.12. The van der Waals surface area contributed by atoms with E-state index in [4.69, 9.17) is 10.5 Å². The lowest BCUT2D eigenvalue weighted by Crippen LogP contribution is -2.09. The molecule has 0 fully saturated rings. The van der Waals surface area contributed by atoms with Crippen LogP contribution in [0.4, 0.5) is 19.1 Å². The highest BCUT2D eigenvalue weighted by atomic mass is 19.4. The van der Waals surface area contributed by atoms with Crippen LogP contribution in [0.5, 0.6) is 5.75 Å². The summed E-state index contributed by atoms with van der Waals surface area (Å²) in [6.45, 7) is -0.0752. The highest BCUT2D eigenvalue weighted by Gasteiger charge is 2.31. The summed E-state index contributed by atoms with van der Waals surface area (Å²) in [5, 5.41) is 23.3. The summed E-state index contributed by atoms with van der Waals surface area (Å²) in [6.07, 6.45) is -3.06.